The number of imide groups is 1. The molecule has 2 aliphatic carbocycles. The van der Waals surface area contributed by atoms with Gasteiger partial charge in [-0.25, -0.2) is 0 Å². The molecule has 1 saturated heterocycles. The van der Waals surface area contributed by atoms with Gasteiger partial charge in [0.15, 0.2) is 0 Å². The monoisotopic (exact) mass is 498 g/mol. The fourth-order valence-corrected chi connectivity index (χ4v) is 6.14. The van der Waals surface area contributed by atoms with Crippen molar-refractivity contribution in [3.63, 3.8) is 0 Å². The van der Waals surface area contributed by atoms with Crippen LogP contribution in [0.1, 0.15) is 86.6 Å². The highest BCUT2D eigenvalue weighted by Crippen LogP contribution is 2.31. The molecule has 196 valence electrons. The second-order valence-electron chi connectivity index (χ2n) is 10.4. The highest BCUT2D eigenvalue weighted by atomic mass is 16.3. The minimum absolute atomic E-state index is 0.115. The minimum atomic E-state index is -0.564. The number of hydrogen-bond donors (Lipinski definition) is 4. The van der Waals surface area contributed by atoms with Crippen molar-refractivity contribution >= 4 is 29.9 Å². The first-order valence-electron chi connectivity index (χ1n) is 13.4. The van der Waals surface area contributed by atoms with Crippen molar-refractivity contribution in [2.24, 2.45) is 5.92 Å². The van der Waals surface area contributed by atoms with Gasteiger partial charge in [-0.3, -0.25) is 24.5 Å². The van der Waals surface area contributed by atoms with Crippen molar-refractivity contribution in [1.29, 1.82) is 0 Å². The van der Waals surface area contributed by atoms with Crippen LogP contribution in [0, 0.1) is 5.92 Å². The molecule has 3 atom stereocenters. The first-order chi connectivity index (χ1) is 17.5. The molecule has 0 bridgehead atoms. The summed E-state index contributed by atoms with van der Waals surface area (Å²) in [6.07, 6.45) is 12.4. The Morgan fingerprint density at radius 2 is 1.67 bits per heavy atom. The number of nitrogens with zero attached hydrogens (tertiary/aromatic N) is 1. The quantitative estimate of drug-likeness (QED) is 0.351. The largest absolute Gasteiger partial charge is 0.483 e. The van der Waals surface area contributed by atoms with Gasteiger partial charge in [-0.15, -0.1) is 0 Å². The molecule has 1 aromatic rings. The fourth-order valence-electron chi connectivity index (χ4n) is 6.14. The molecule has 5 rings (SSSR count). The topological polar surface area (TPSA) is 128 Å². The van der Waals surface area contributed by atoms with Crippen LogP contribution < -0.4 is 16.0 Å². The number of carboxylic acid groups (broad SMARTS) is 1. The van der Waals surface area contributed by atoms with Crippen molar-refractivity contribution in [3.8, 4) is 0 Å². The van der Waals surface area contributed by atoms with E-state index in [9.17, 15) is 14.4 Å². The maximum Gasteiger partial charge on any atom is 0.290 e. The molecule has 3 fully saturated rings. The molecule has 9 nitrogen and oxygen atoms in total. The normalized spacial score (nSPS) is 26.5. The lowest BCUT2D eigenvalue weighted by Gasteiger charge is -2.35. The van der Waals surface area contributed by atoms with E-state index in [1.807, 2.05) is 12.1 Å². The Kier molecular flexibility index (Phi) is 8.96. The van der Waals surface area contributed by atoms with Crippen molar-refractivity contribution in [2.75, 3.05) is 11.9 Å². The van der Waals surface area contributed by atoms with Gasteiger partial charge in [-0.05, 0) is 68.3 Å². The van der Waals surface area contributed by atoms with Crippen LogP contribution in [0.25, 0.3) is 0 Å². The van der Waals surface area contributed by atoms with E-state index in [2.05, 4.69) is 22.0 Å². The minimum Gasteiger partial charge on any atom is -0.483 e. The molecule has 1 unspecified atom stereocenters. The number of anilines is 1. The second-order valence-corrected chi connectivity index (χ2v) is 10.4. The Bertz CT molecular complexity index is 961. The van der Waals surface area contributed by atoms with E-state index in [1.165, 1.54) is 51.4 Å². The van der Waals surface area contributed by atoms with Crippen LogP contribution in [-0.4, -0.2) is 58.9 Å². The van der Waals surface area contributed by atoms with Gasteiger partial charge in [0.05, 0.1) is 0 Å². The SMILES string of the molecule is O=C1CCC(N2Cc3cc(N[C@H]4CCCC[C@@H]4NCC4CCCCC4)ccc3C2=O)C(=O)N1.O=CO. The molecule has 0 spiro atoms. The molecular formula is C27H38N4O5. The summed E-state index contributed by atoms with van der Waals surface area (Å²) in [5, 5.41) is 16.9. The number of rotatable bonds is 6. The molecule has 2 aliphatic heterocycles. The Morgan fingerprint density at radius 3 is 2.39 bits per heavy atom. The zero-order valence-corrected chi connectivity index (χ0v) is 20.8. The molecule has 1 aromatic carbocycles. The average Bonchev–Trinajstić information content (AvgIpc) is 3.20. The average molecular weight is 499 g/mol. The summed E-state index contributed by atoms with van der Waals surface area (Å²) in [5.41, 5.74) is 2.67. The molecule has 4 N–H and O–H groups in total. The molecule has 2 saturated carbocycles. The van der Waals surface area contributed by atoms with E-state index in [0.29, 0.717) is 30.6 Å². The summed E-state index contributed by atoms with van der Waals surface area (Å²) in [6, 6.07) is 6.27. The van der Waals surface area contributed by atoms with E-state index in [0.717, 1.165) is 30.1 Å². The maximum atomic E-state index is 12.9. The van der Waals surface area contributed by atoms with Gasteiger partial charge < -0.3 is 20.6 Å². The predicted molar refractivity (Wildman–Crippen MR) is 135 cm³/mol. The number of carbonyl (C=O) groups is 4. The summed E-state index contributed by atoms with van der Waals surface area (Å²) >= 11 is 0. The fraction of sp³-hybridized carbons (Fsp3) is 0.630. The Morgan fingerprint density at radius 1 is 0.972 bits per heavy atom. The van der Waals surface area contributed by atoms with Gasteiger partial charge in [0, 0.05) is 36.3 Å². The van der Waals surface area contributed by atoms with E-state index in [4.69, 9.17) is 9.90 Å². The summed E-state index contributed by atoms with van der Waals surface area (Å²) in [5.74, 6) is 0.0900. The molecule has 4 aliphatic rings. The molecule has 0 aromatic heterocycles. The summed E-state index contributed by atoms with van der Waals surface area (Å²) in [6.45, 7) is 1.30. The Labute approximate surface area is 212 Å². The summed E-state index contributed by atoms with van der Waals surface area (Å²) in [4.78, 5) is 46.7. The van der Waals surface area contributed by atoms with E-state index < -0.39 is 6.04 Å². The van der Waals surface area contributed by atoms with Gasteiger partial charge in [-0.2, -0.15) is 0 Å². The van der Waals surface area contributed by atoms with Gasteiger partial charge in [-0.1, -0.05) is 32.1 Å². The molecule has 0 radical (unpaired) electrons. The van der Waals surface area contributed by atoms with Crippen LogP contribution in [0.5, 0.6) is 0 Å². The smallest absolute Gasteiger partial charge is 0.290 e. The van der Waals surface area contributed by atoms with Crippen molar-refractivity contribution in [1.82, 2.24) is 15.5 Å². The number of nitrogens with one attached hydrogen (secondary N) is 3. The molecule has 36 heavy (non-hydrogen) atoms. The van der Waals surface area contributed by atoms with Crippen molar-refractivity contribution in [2.45, 2.75) is 95.3 Å². The number of hydrogen-bond acceptors (Lipinski definition) is 6. The Hall–Kier alpha value is -2.94. The molecule has 2 heterocycles. The summed E-state index contributed by atoms with van der Waals surface area (Å²) < 4.78 is 0. The lowest BCUT2D eigenvalue weighted by molar-refractivity contribution is -0.137. The molecular weight excluding hydrogens is 460 g/mol. The number of carbonyl (C=O) groups excluding carboxylic acids is 3. The number of amides is 3. The lowest BCUT2D eigenvalue weighted by atomic mass is 9.87. The third-order valence-corrected chi connectivity index (χ3v) is 8.04. The number of benzene rings is 1. The second kappa shape index (κ2) is 12.3. The standard InChI is InChI=1S/C26H36N4O3.CH2O2/c31-24-13-12-23(25(32)29-24)30-16-18-14-19(10-11-20(18)26(30)33)28-22-9-5-4-8-21(22)27-15-17-6-2-1-3-7-17;2-1-3/h10-11,14,17,21-23,27-28H,1-9,12-13,15-16H2,(H,29,31,32);1H,(H,2,3)/t21-,22-,23?;/m0./s1. The third kappa shape index (κ3) is 6.24. The number of piperidine rings is 1. The highest BCUT2D eigenvalue weighted by molar-refractivity contribution is 6.05. The van der Waals surface area contributed by atoms with E-state index in [-0.39, 0.29) is 30.6 Å². The summed E-state index contributed by atoms with van der Waals surface area (Å²) in [7, 11) is 0. The van der Waals surface area contributed by atoms with E-state index in [1.54, 1.807) is 4.90 Å². The van der Waals surface area contributed by atoms with Crippen LogP contribution >= 0.6 is 0 Å². The maximum absolute atomic E-state index is 12.9. The van der Waals surface area contributed by atoms with Crippen LogP contribution in [0.3, 0.4) is 0 Å². The third-order valence-electron chi connectivity index (χ3n) is 8.04. The van der Waals surface area contributed by atoms with Crippen molar-refractivity contribution < 1.29 is 24.3 Å². The van der Waals surface area contributed by atoms with Crippen LogP contribution in [0.4, 0.5) is 5.69 Å². The Balaban J connectivity index is 0.000000967. The van der Waals surface area contributed by atoms with Crippen LogP contribution in [-0.2, 0) is 20.9 Å². The lowest BCUT2D eigenvalue weighted by Crippen LogP contribution is -2.52. The van der Waals surface area contributed by atoms with Gasteiger partial charge in [0.2, 0.25) is 11.8 Å². The zero-order chi connectivity index (χ0) is 25.5. The van der Waals surface area contributed by atoms with Crippen LogP contribution in [0.2, 0.25) is 0 Å². The van der Waals surface area contributed by atoms with Gasteiger partial charge in [0.25, 0.3) is 12.4 Å². The van der Waals surface area contributed by atoms with Crippen LogP contribution in [0.15, 0.2) is 18.2 Å². The first kappa shape index (κ1) is 26.1. The van der Waals surface area contributed by atoms with Gasteiger partial charge >= 0.3 is 0 Å². The van der Waals surface area contributed by atoms with Crippen molar-refractivity contribution in [3.05, 3.63) is 29.3 Å². The molecule has 9 heteroatoms. The first-order valence-corrected chi connectivity index (χ1v) is 13.4. The van der Waals surface area contributed by atoms with E-state index >= 15 is 0 Å². The predicted octanol–water partition coefficient (Wildman–Crippen LogP) is 3.04. The molecule has 3 amide bonds. The number of fused-ring (bicyclic) bond motifs is 1. The van der Waals surface area contributed by atoms with Gasteiger partial charge in [0.1, 0.15) is 6.04 Å². The highest BCUT2D eigenvalue weighted by Gasteiger charge is 2.39. The zero-order valence-electron chi connectivity index (χ0n) is 20.8.